The van der Waals surface area contributed by atoms with Crippen molar-refractivity contribution in [3.8, 4) is 0 Å². The number of hydrogen-bond donors (Lipinski definition) is 0. The molecule has 0 radical (unpaired) electrons. The van der Waals surface area contributed by atoms with Gasteiger partial charge in [-0.2, -0.15) is 0 Å². The number of aldehydes is 1. The van der Waals surface area contributed by atoms with E-state index in [4.69, 9.17) is 0 Å². The molecule has 0 spiro atoms. The van der Waals surface area contributed by atoms with Gasteiger partial charge in [0.25, 0.3) is 0 Å². The summed E-state index contributed by atoms with van der Waals surface area (Å²) in [6, 6.07) is 0. The fourth-order valence-electron chi connectivity index (χ4n) is 3.32. The molecule has 1 nitrogen and oxygen atoms in total. The van der Waals surface area contributed by atoms with Crippen molar-refractivity contribution in [2.75, 3.05) is 0 Å². The molecule has 2 aliphatic rings. The maximum Gasteiger partial charge on any atom is 0.126 e. The largest absolute Gasteiger partial charge is 0.303 e. The van der Waals surface area contributed by atoms with Gasteiger partial charge in [0, 0.05) is 5.41 Å². The topological polar surface area (TPSA) is 17.1 Å². The third-order valence-electron chi connectivity index (χ3n) is 4.15. The summed E-state index contributed by atoms with van der Waals surface area (Å²) in [5, 5.41) is 0. The average molecular weight is 192 g/mol. The van der Waals surface area contributed by atoms with Crippen molar-refractivity contribution in [3.05, 3.63) is 11.6 Å². The molecule has 1 heteroatoms. The Kier molecular flexibility index (Phi) is 2.50. The first-order valence-corrected chi connectivity index (χ1v) is 5.76. The SMILES string of the molecule is CC(C)=CCC1(C=O)CC2CCC1C2. The summed E-state index contributed by atoms with van der Waals surface area (Å²) in [5.74, 6) is 1.55. The highest BCUT2D eigenvalue weighted by Crippen LogP contribution is 2.56. The molecule has 2 fully saturated rings. The Bertz CT molecular complexity index is 262. The highest BCUT2D eigenvalue weighted by molar-refractivity contribution is 5.61. The highest BCUT2D eigenvalue weighted by atomic mass is 16.1. The molecule has 14 heavy (non-hydrogen) atoms. The second-order valence-electron chi connectivity index (χ2n) is 5.42. The summed E-state index contributed by atoms with van der Waals surface area (Å²) >= 11 is 0. The summed E-state index contributed by atoms with van der Waals surface area (Å²) in [5.41, 5.74) is 1.37. The molecule has 0 aromatic carbocycles. The van der Waals surface area contributed by atoms with Crippen molar-refractivity contribution in [2.24, 2.45) is 17.3 Å². The lowest BCUT2D eigenvalue weighted by Crippen LogP contribution is -2.28. The lowest BCUT2D eigenvalue weighted by Gasteiger charge is -2.31. The number of hydrogen-bond acceptors (Lipinski definition) is 1. The van der Waals surface area contributed by atoms with Crippen molar-refractivity contribution in [2.45, 2.75) is 46.0 Å². The molecule has 0 aromatic heterocycles. The zero-order chi connectivity index (χ0) is 10.2. The van der Waals surface area contributed by atoms with Crippen LogP contribution in [0.3, 0.4) is 0 Å². The molecule has 2 saturated carbocycles. The molecule has 3 atom stereocenters. The Balaban J connectivity index is 2.11. The zero-order valence-electron chi connectivity index (χ0n) is 9.25. The van der Waals surface area contributed by atoms with Gasteiger partial charge in [0.15, 0.2) is 0 Å². The van der Waals surface area contributed by atoms with Crippen LogP contribution in [0.2, 0.25) is 0 Å². The first-order valence-electron chi connectivity index (χ1n) is 5.76. The van der Waals surface area contributed by atoms with Crippen molar-refractivity contribution >= 4 is 6.29 Å². The van der Waals surface area contributed by atoms with Crippen LogP contribution in [0.15, 0.2) is 11.6 Å². The molecule has 2 bridgehead atoms. The van der Waals surface area contributed by atoms with E-state index < -0.39 is 0 Å². The fraction of sp³-hybridized carbons (Fsp3) is 0.769. The molecule has 0 N–H and O–H groups in total. The molecule has 2 rings (SSSR count). The van der Waals surface area contributed by atoms with E-state index in [1.807, 2.05) is 0 Å². The Morgan fingerprint density at radius 3 is 2.64 bits per heavy atom. The van der Waals surface area contributed by atoms with E-state index >= 15 is 0 Å². The van der Waals surface area contributed by atoms with Gasteiger partial charge in [-0.1, -0.05) is 18.1 Å². The van der Waals surface area contributed by atoms with Crippen LogP contribution < -0.4 is 0 Å². The minimum atomic E-state index is 0.0280. The maximum absolute atomic E-state index is 11.3. The molecule has 0 saturated heterocycles. The summed E-state index contributed by atoms with van der Waals surface area (Å²) in [6.07, 6.45) is 9.63. The molecular weight excluding hydrogens is 172 g/mol. The van der Waals surface area contributed by atoms with Crippen LogP contribution >= 0.6 is 0 Å². The molecular formula is C13H20O. The van der Waals surface area contributed by atoms with Gasteiger partial charge in [-0.3, -0.25) is 0 Å². The Morgan fingerprint density at radius 2 is 2.21 bits per heavy atom. The van der Waals surface area contributed by atoms with Crippen LogP contribution in [0.1, 0.15) is 46.0 Å². The minimum Gasteiger partial charge on any atom is -0.303 e. The molecule has 3 unspecified atom stereocenters. The highest BCUT2D eigenvalue weighted by Gasteiger charge is 2.50. The number of rotatable bonds is 3. The van der Waals surface area contributed by atoms with Gasteiger partial charge in [0.05, 0.1) is 0 Å². The first-order chi connectivity index (χ1) is 6.66. The van der Waals surface area contributed by atoms with Crippen LogP contribution in [-0.2, 0) is 4.79 Å². The van der Waals surface area contributed by atoms with Gasteiger partial charge >= 0.3 is 0 Å². The Morgan fingerprint density at radius 1 is 1.43 bits per heavy atom. The molecule has 0 aliphatic heterocycles. The normalized spacial score (nSPS) is 39.9. The predicted octanol–water partition coefficient (Wildman–Crippen LogP) is 3.35. The molecule has 0 amide bonds. The number of carbonyl (C=O) groups is 1. The van der Waals surface area contributed by atoms with Crippen molar-refractivity contribution in [1.29, 1.82) is 0 Å². The zero-order valence-corrected chi connectivity index (χ0v) is 9.25. The van der Waals surface area contributed by atoms with E-state index in [1.165, 1.54) is 31.1 Å². The number of carbonyl (C=O) groups excluding carboxylic acids is 1. The van der Waals surface area contributed by atoms with Gasteiger partial charge in [0.1, 0.15) is 6.29 Å². The first kappa shape index (κ1) is 9.95. The monoisotopic (exact) mass is 192 g/mol. The third kappa shape index (κ3) is 1.53. The maximum atomic E-state index is 11.3. The van der Waals surface area contributed by atoms with Gasteiger partial charge in [-0.25, -0.2) is 0 Å². The molecule has 0 aromatic rings. The van der Waals surface area contributed by atoms with Crippen LogP contribution in [0.4, 0.5) is 0 Å². The van der Waals surface area contributed by atoms with Gasteiger partial charge < -0.3 is 4.79 Å². The number of fused-ring (bicyclic) bond motifs is 2. The van der Waals surface area contributed by atoms with E-state index in [1.54, 1.807) is 0 Å². The lowest BCUT2D eigenvalue weighted by atomic mass is 9.72. The van der Waals surface area contributed by atoms with Crippen molar-refractivity contribution in [3.63, 3.8) is 0 Å². The molecule has 0 heterocycles. The molecule has 78 valence electrons. The smallest absolute Gasteiger partial charge is 0.126 e. The van der Waals surface area contributed by atoms with Crippen LogP contribution in [-0.4, -0.2) is 6.29 Å². The molecule has 2 aliphatic carbocycles. The Hall–Kier alpha value is -0.590. The van der Waals surface area contributed by atoms with Crippen LogP contribution in [0.5, 0.6) is 0 Å². The third-order valence-corrected chi connectivity index (χ3v) is 4.15. The lowest BCUT2D eigenvalue weighted by molar-refractivity contribution is -0.118. The summed E-state index contributed by atoms with van der Waals surface area (Å²) in [7, 11) is 0. The van der Waals surface area contributed by atoms with Crippen LogP contribution in [0.25, 0.3) is 0 Å². The fourth-order valence-corrected chi connectivity index (χ4v) is 3.32. The number of allylic oxidation sites excluding steroid dienone is 2. The van der Waals surface area contributed by atoms with Crippen LogP contribution in [0, 0.1) is 17.3 Å². The van der Waals surface area contributed by atoms with E-state index in [0.29, 0.717) is 5.92 Å². The second kappa shape index (κ2) is 3.52. The predicted molar refractivity (Wildman–Crippen MR) is 58.0 cm³/mol. The minimum absolute atomic E-state index is 0.0280. The van der Waals surface area contributed by atoms with Gasteiger partial charge in [-0.05, 0) is 51.4 Å². The second-order valence-corrected chi connectivity index (χ2v) is 5.42. The van der Waals surface area contributed by atoms with Crippen molar-refractivity contribution in [1.82, 2.24) is 0 Å². The quantitative estimate of drug-likeness (QED) is 0.495. The summed E-state index contributed by atoms with van der Waals surface area (Å²) in [4.78, 5) is 11.3. The van der Waals surface area contributed by atoms with E-state index in [0.717, 1.165) is 18.8 Å². The van der Waals surface area contributed by atoms with Crippen molar-refractivity contribution < 1.29 is 4.79 Å². The Labute approximate surface area is 86.6 Å². The van der Waals surface area contributed by atoms with E-state index in [9.17, 15) is 4.79 Å². The average Bonchev–Trinajstić information content (AvgIpc) is 2.74. The summed E-state index contributed by atoms with van der Waals surface area (Å²) < 4.78 is 0. The summed E-state index contributed by atoms with van der Waals surface area (Å²) in [6.45, 7) is 4.23. The standard InChI is InChI=1S/C13H20O/c1-10(2)5-6-13(9-14)8-11-3-4-12(13)7-11/h5,9,11-12H,3-4,6-8H2,1-2H3. The van der Waals surface area contributed by atoms with E-state index in [2.05, 4.69) is 19.9 Å². The van der Waals surface area contributed by atoms with E-state index in [-0.39, 0.29) is 5.41 Å². The van der Waals surface area contributed by atoms with Gasteiger partial charge in [-0.15, -0.1) is 0 Å². The van der Waals surface area contributed by atoms with Gasteiger partial charge in [0.2, 0.25) is 0 Å².